The lowest BCUT2D eigenvalue weighted by atomic mass is 10.1. The van der Waals surface area contributed by atoms with Gasteiger partial charge in [-0.15, -0.1) is 10.2 Å². The third-order valence-electron chi connectivity index (χ3n) is 4.45. The van der Waals surface area contributed by atoms with Gasteiger partial charge >= 0.3 is 0 Å². The number of nitrogens with zero attached hydrogens (tertiary/aromatic N) is 3. The minimum atomic E-state index is -0.371. The molecule has 1 N–H and O–H groups in total. The third kappa shape index (κ3) is 5.86. The van der Waals surface area contributed by atoms with Crippen LogP contribution >= 0.6 is 23.4 Å². The van der Waals surface area contributed by atoms with E-state index in [4.69, 9.17) is 16.3 Å². The van der Waals surface area contributed by atoms with Crippen LogP contribution in [0.15, 0.2) is 53.7 Å². The SMILES string of the molecule is CCn1c(SCC(=O)Nc2cccc(C(C)=O)c2)nnc1C(C)Oc1ccccc1Cl. The van der Waals surface area contributed by atoms with Crippen LogP contribution < -0.4 is 10.1 Å². The van der Waals surface area contributed by atoms with E-state index in [0.29, 0.717) is 39.5 Å². The molecular formula is C22H23ClN4O3S. The molecule has 1 heterocycles. The summed E-state index contributed by atoms with van der Waals surface area (Å²) in [5, 5.41) is 12.4. The molecule has 1 unspecified atom stereocenters. The summed E-state index contributed by atoms with van der Waals surface area (Å²) in [7, 11) is 0. The minimum Gasteiger partial charge on any atom is -0.481 e. The van der Waals surface area contributed by atoms with E-state index in [2.05, 4.69) is 15.5 Å². The molecular weight excluding hydrogens is 436 g/mol. The maximum Gasteiger partial charge on any atom is 0.234 e. The van der Waals surface area contributed by atoms with Gasteiger partial charge in [0.25, 0.3) is 0 Å². The molecule has 0 spiro atoms. The summed E-state index contributed by atoms with van der Waals surface area (Å²) in [5.74, 6) is 1.13. The van der Waals surface area contributed by atoms with Crippen molar-refractivity contribution in [2.75, 3.05) is 11.1 Å². The molecule has 0 bridgehead atoms. The molecule has 0 saturated heterocycles. The molecule has 2 aromatic carbocycles. The first-order valence-corrected chi connectivity index (χ1v) is 11.1. The van der Waals surface area contributed by atoms with Crippen molar-refractivity contribution in [3.05, 3.63) is 64.9 Å². The molecule has 0 saturated carbocycles. The van der Waals surface area contributed by atoms with Crippen molar-refractivity contribution in [3.63, 3.8) is 0 Å². The number of para-hydroxylation sites is 1. The van der Waals surface area contributed by atoms with Crippen LogP contribution in [-0.4, -0.2) is 32.2 Å². The average molecular weight is 459 g/mol. The molecule has 1 aromatic heterocycles. The molecule has 1 amide bonds. The number of carbonyl (C=O) groups excluding carboxylic acids is 2. The zero-order valence-electron chi connectivity index (χ0n) is 17.5. The van der Waals surface area contributed by atoms with Gasteiger partial charge in [-0.25, -0.2) is 0 Å². The Hall–Kier alpha value is -2.84. The van der Waals surface area contributed by atoms with Crippen LogP contribution in [0.1, 0.15) is 43.1 Å². The summed E-state index contributed by atoms with van der Waals surface area (Å²) in [6.45, 7) is 5.97. The molecule has 1 atom stereocenters. The van der Waals surface area contributed by atoms with E-state index < -0.39 is 0 Å². The smallest absolute Gasteiger partial charge is 0.234 e. The molecule has 7 nitrogen and oxygen atoms in total. The van der Waals surface area contributed by atoms with Gasteiger partial charge in [-0.05, 0) is 45.0 Å². The van der Waals surface area contributed by atoms with E-state index in [1.165, 1.54) is 18.7 Å². The highest BCUT2D eigenvalue weighted by Gasteiger charge is 2.20. The van der Waals surface area contributed by atoms with Crippen molar-refractivity contribution in [2.45, 2.75) is 38.6 Å². The predicted molar refractivity (Wildman–Crippen MR) is 122 cm³/mol. The van der Waals surface area contributed by atoms with Gasteiger partial charge < -0.3 is 14.6 Å². The van der Waals surface area contributed by atoms with E-state index in [1.54, 1.807) is 36.4 Å². The Kier molecular flexibility index (Phi) is 7.70. The number of thioether (sulfide) groups is 1. The topological polar surface area (TPSA) is 86.1 Å². The van der Waals surface area contributed by atoms with Crippen LogP contribution in [0, 0.1) is 0 Å². The molecule has 162 valence electrons. The van der Waals surface area contributed by atoms with Crippen molar-refractivity contribution in [1.29, 1.82) is 0 Å². The number of ether oxygens (including phenoxy) is 1. The summed E-state index contributed by atoms with van der Waals surface area (Å²) in [6.07, 6.45) is -0.371. The number of aromatic nitrogens is 3. The lowest BCUT2D eigenvalue weighted by molar-refractivity contribution is -0.113. The second-order valence-electron chi connectivity index (χ2n) is 6.75. The fourth-order valence-electron chi connectivity index (χ4n) is 2.93. The normalized spacial score (nSPS) is 11.7. The molecule has 9 heteroatoms. The monoisotopic (exact) mass is 458 g/mol. The molecule has 0 radical (unpaired) electrons. The number of halogens is 1. The lowest BCUT2D eigenvalue weighted by Crippen LogP contribution is -2.15. The Morgan fingerprint density at radius 3 is 2.68 bits per heavy atom. The quantitative estimate of drug-likeness (QED) is 0.357. The van der Waals surface area contributed by atoms with Crippen LogP contribution in [0.3, 0.4) is 0 Å². The maximum atomic E-state index is 12.4. The molecule has 0 aliphatic rings. The Morgan fingerprint density at radius 2 is 1.97 bits per heavy atom. The van der Waals surface area contributed by atoms with Crippen molar-refractivity contribution >= 4 is 40.7 Å². The molecule has 0 aliphatic heterocycles. The van der Waals surface area contributed by atoms with Gasteiger partial charge in [-0.1, -0.05) is 47.6 Å². The van der Waals surface area contributed by atoms with E-state index in [9.17, 15) is 9.59 Å². The van der Waals surface area contributed by atoms with Gasteiger partial charge in [0.15, 0.2) is 22.9 Å². The van der Waals surface area contributed by atoms with E-state index in [0.717, 1.165) is 0 Å². The van der Waals surface area contributed by atoms with Crippen LogP contribution in [0.5, 0.6) is 5.75 Å². The number of nitrogens with one attached hydrogen (secondary N) is 1. The number of hydrogen-bond acceptors (Lipinski definition) is 6. The number of rotatable bonds is 9. The lowest BCUT2D eigenvalue weighted by Gasteiger charge is -2.16. The second-order valence-corrected chi connectivity index (χ2v) is 8.10. The number of amides is 1. The van der Waals surface area contributed by atoms with Gasteiger partial charge in [0.1, 0.15) is 5.75 Å². The Bertz CT molecular complexity index is 1090. The summed E-state index contributed by atoms with van der Waals surface area (Å²) in [4.78, 5) is 23.9. The number of carbonyl (C=O) groups is 2. The minimum absolute atomic E-state index is 0.0535. The molecule has 3 rings (SSSR count). The van der Waals surface area contributed by atoms with Crippen LogP contribution in [-0.2, 0) is 11.3 Å². The zero-order valence-corrected chi connectivity index (χ0v) is 19.0. The molecule has 31 heavy (non-hydrogen) atoms. The van der Waals surface area contributed by atoms with Crippen LogP contribution in [0.2, 0.25) is 5.02 Å². The number of anilines is 1. The van der Waals surface area contributed by atoms with E-state index in [1.807, 2.05) is 30.5 Å². The highest BCUT2D eigenvalue weighted by molar-refractivity contribution is 7.99. The zero-order chi connectivity index (χ0) is 22.4. The van der Waals surface area contributed by atoms with Crippen LogP contribution in [0.25, 0.3) is 0 Å². The Labute approximate surface area is 190 Å². The number of benzene rings is 2. The standard InChI is InChI=1S/C22H23ClN4O3S/c1-4-27-21(15(3)30-19-11-6-5-10-18(19)23)25-26-22(27)31-13-20(29)24-17-9-7-8-16(12-17)14(2)28/h5-12,15H,4,13H2,1-3H3,(H,24,29). The van der Waals surface area contributed by atoms with Crippen LogP contribution in [0.4, 0.5) is 5.69 Å². The number of Topliss-reactive ketones (excluding diaryl/α,β-unsaturated/α-hetero) is 1. The van der Waals surface area contributed by atoms with Crippen molar-refractivity contribution in [2.24, 2.45) is 0 Å². The van der Waals surface area contributed by atoms with Crippen molar-refractivity contribution < 1.29 is 14.3 Å². The molecule has 3 aromatic rings. The van der Waals surface area contributed by atoms with Gasteiger partial charge in [0.05, 0.1) is 10.8 Å². The summed E-state index contributed by atoms with van der Waals surface area (Å²) >= 11 is 7.46. The third-order valence-corrected chi connectivity index (χ3v) is 5.73. The largest absolute Gasteiger partial charge is 0.481 e. The number of ketones is 1. The van der Waals surface area contributed by atoms with E-state index in [-0.39, 0.29) is 23.5 Å². The molecule has 0 fully saturated rings. The Morgan fingerprint density at radius 1 is 1.19 bits per heavy atom. The maximum absolute atomic E-state index is 12.4. The fourth-order valence-corrected chi connectivity index (χ4v) is 3.92. The highest BCUT2D eigenvalue weighted by atomic mass is 35.5. The Balaban J connectivity index is 1.64. The predicted octanol–water partition coefficient (Wildman–Crippen LogP) is 5.02. The van der Waals surface area contributed by atoms with E-state index >= 15 is 0 Å². The van der Waals surface area contributed by atoms with Gasteiger partial charge in [-0.3, -0.25) is 9.59 Å². The first-order chi connectivity index (χ1) is 14.9. The fraction of sp³-hybridized carbons (Fsp3) is 0.273. The molecule has 0 aliphatic carbocycles. The van der Waals surface area contributed by atoms with Gasteiger partial charge in [0.2, 0.25) is 5.91 Å². The summed E-state index contributed by atoms with van der Waals surface area (Å²) in [6, 6.07) is 14.1. The average Bonchev–Trinajstić information content (AvgIpc) is 3.17. The first kappa shape index (κ1) is 22.8. The summed E-state index contributed by atoms with van der Waals surface area (Å²) < 4.78 is 7.86. The van der Waals surface area contributed by atoms with Gasteiger partial charge in [-0.2, -0.15) is 0 Å². The van der Waals surface area contributed by atoms with Crippen molar-refractivity contribution in [1.82, 2.24) is 14.8 Å². The first-order valence-electron chi connectivity index (χ1n) is 9.77. The summed E-state index contributed by atoms with van der Waals surface area (Å²) in [5.41, 5.74) is 1.13. The number of hydrogen-bond donors (Lipinski definition) is 1. The highest BCUT2D eigenvalue weighted by Crippen LogP contribution is 2.29. The van der Waals surface area contributed by atoms with Gasteiger partial charge in [0, 0.05) is 17.8 Å². The van der Waals surface area contributed by atoms with Crippen molar-refractivity contribution in [3.8, 4) is 5.75 Å². The second kappa shape index (κ2) is 10.5.